The van der Waals surface area contributed by atoms with Crippen LogP contribution in [-0.4, -0.2) is 32.0 Å². The lowest BCUT2D eigenvalue weighted by Gasteiger charge is -2.08. The van der Waals surface area contributed by atoms with E-state index in [9.17, 15) is 9.59 Å². The van der Waals surface area contributed by atoms with Gasteiger partial charge in [-0.25, -0.2) is 4.68 Å². The lowest BCUT2D eigenvalue weighted by atomic mass is 10.1. The molecule has 2 N–H and O–H groups in total. The Hall–Kier alpha value is -2.70. The minimum Gasteiger partial charge on any atom is -0.481 e. The highest BCUT2D eigenvalue weighted by Gasteiger charge is 2.12. The number of anilines is 1. The van der Waals surface area contributed by atoms with Crippen LogP contribution in [0.2, 0.25) is 0 Å². The van der Waals surface area contributed by atoms with E-state index < -0.39 is 5.97 Å². The largest absolute Gasteiger partial charge is 0.481 e. The summed E-state index contributed by atoms with van der Waals surface area (Å²) in [4.78, 5) is 22.7. The van der Waals surface area contributed by atoms with Crippen LogP contribution in [0.1, 0.15) is 16.8 Å². The molecule has 1 amide bonds. The van der Waals surface area contributed by atoms with Crippen LogP contribution in [-0.2, 0) is 22.6 Å². The summed E-state index contributed by atoms with van der Waals surface area (Å²) in [5, 5.41) is 18.9. The first kappa shape index (κ1) is 14.7. The highest BCUT2D eigenvalue weighted by atomic mass is 16.4. The van der Waals surface area contributed by atoms with Crippen LogP contribution in [0.5, 0.6) is 0 Å². The SMILES string of the molecule is Cc1ccc(NC(=O)Cn2nncc2CC(=O)O)cc1C. The van der Waals surface area contributed by atoms with Gasteiger partial charge in [0.25, 0.3) is 0 Å². The Morgan fingerprint density at radius 3 is 2.71 bits per heavy atom. The molecule has 0 aliphatic rings. The Bertz CT molecular complexity index is 679. The number of carboxylic acid groups (broad SMARTS) is 1. The molecule has 1 heterocycles. The number of nitrogens with one attached hydrogen (secondary N) is 1. The van der Waals surface area contributed by atoms with Crippen LogP contribution >= 0.6 is 0 Å². The summed E-state index contributed by atoms with van der Waals surface area (Å²) in [6, 6.07) is 5.63. The number of carboxylic acids is 1. The monoisotopic (exact) mass is 288 g/mol. The third-order valence-electron chi connectivity index (χ3n) is 3.11. The number of carbonyl (C=O) groups is 2. The number of aromatic nitrogens is 3. The summed E-state index contributed by atoms with van der Waals surface area (Å²) in [6.45, 7) is 3.89. The standard InChI is InChI=1S/C14H16N4O3/c1-9-3-4-11(5-10(9)2)16-13(19)8-18-12(6-14(20)21)7-15-17-18/h3-5,7H,6,8H2,1-2H3,(H,16,19)(H,20,21). The fourth-order valence-corrected chi connectivity index (χ4v) is 1.86. The molecule has 0 saturated heterocycles. The summed E-state index contributed by atoms with van der Waals surface area (Å²) >= 11 is 0. The summed E-state index contributed by atoms with van der Waals surface area (Å²) in [5.74, 6) is -1.27. The molecule has 0 spiro atoms. The van der Waals surface area contributed by atoms with Gasteiger partial charge in [-0.2, -0.15) is 0 Å². The zero-order chi connectivity index (χ0) is 15.4. The summed E-state index contributed by atoms with van der Waals surface area (Å²) in [5.41, 5.74) is 3.31. The topological polar surface area (TPSA) is 97.1 Å². The van der Waals surface area contributed by atoms with Crippen molar-refractivity contribution in [3.8, 4) is 0 Å². The lowest BCUT2D eigenvalue weighted by Crippen LogP contribution is -2.21. The number of amides is 1. The summed E-state index contributed by atoms with van der Waals surface area (Å²) < 4.78 is 1.28. The van der Waals surface area contributed by atoms with Gasteiger partial charge >= 0.3 is 5.97 Å². The van der Waals surface area contributed by atoms with Gasteiger partial charge in [0.1, 0.15) is 6.54 Å². The van der Waals surface area contributed by atoms with Gasteiger partial charge in [0.05, 0.1) is 18.3 Å². The minimum absolute atomic E-state index is 0.0739. The van der Waals surface area contributed by atoms with Crippen molar-refractivity contribution < 1.29 is 14.7 Å². The molecule has 0 saturated carbocycles. The Labute approximate surface area is 121 Å². The number of benzene rings is 1. The van der Waals surface area contributed by atoms with E-state index >= 15 is 0 Å². The molecule has 7 heteroatoms. The van der Waals surface area contributed by atoms with Gasteiger partial charge in [-0.3, -0.25) is 9.59 Å². The normalized spacial score (nSPS) is 10.4. The van der Waals surface area contributed by atoms with Gasteiger partial charge in [0.2, 0.25) is 5.91 Å². The first-order chi connectivity index (χ1) is 9.95. The van der Waals surface area contributed by atoms with Gasteiger partial charge in [0, 0.05) is 5.69 Å². The molecular weight excluding hydrogens is 272 g/mol. The number of hydrogen-bond donors (Lipinski definition) is 2. The van der Waals surface area contributed by atoms with Crippen molar-refractivity contribution in [2.24, 2.45) is 0 Å². The van der Waals surface area contributed by atoms with E-state index in [1.165, 1.54) is 10.9 Å². The third kappa shape index (κ3) is 3.88. The molecule has 0 fully saturated rings. The van der Waals surface area contributed by atoms with Crippen molar-refractivity contribution in [2.45, 2.75) is 26.8 Å². The van der Waals surface area contributed by atoms with Crippen molar-refractivity contribution in [2.75, 3.05) is 5.32 Å². The van der Waals surface area contributed by atoms with Crippen molar-refractivity contribution in [3.05, 3.63) is 41.2 Å². The van der Waals surface area contributed by atoms with Gasteiger partial charge in [-0.15, -0.1) is 5.10 Å². The van der Waals surface area contributed by atoms with Crippen LogP contribution in [0.15, 0.2) is 24.4 Å². The van der Waals surface area contributed by atoms with E-state index in [0.717, 1.165) is 11.1 Å². The average Bonchev–Trinajstić information content (AvgIpc) is 2.80. The Kier molecular flexibility index (Phi) is 4.32. The second-order valence-electron chi connectivity index (χ2n) is 4.80. The molecular formula is C14H16N4O3. The number of nitrogens with zero attached hydrogens (tertiary/aromatic N) is 3. The van der Waals surface area contributed by atoms with Crippen molar-refractivity contribution in [1.82, 2.24) is 15.0 Å². The molecule has 7 nitrogen and oxygen atoms in total. The van der Waals surface area contributed by atoms with E-state index in [1.54, 1.807) is 0 Å². The Balaban J connectivity index is 2.03. The van der Waals surface area contributed by atoms with E-state index in [2.05, 4.69) is 15.6 Å². The van der Waals surface area contributed by atoms with Gasteiger partial charge in [0.15, 0.2) is 0 Å². The van der Waals surface area contributed by atoms with Gasteiger partial charge in [-0.05, 0) is 37.1 Å². The molecule has 1 aromatic heterocycles. The fraction of sp³-hybridized carbons (Fsp3) is 0.286. The van der Waals surface area contributed by atoms with Crippen LogP contribution in [0.4, 0.5) is 5.69 Å². The summed E-state index contributed by atoms with van der Waals surface area (Å²) in [6.07, 6.45) is 1.13. The van der Waals surface area contributed by atoms with E-state index in [0.29, 0.717) is 11.4 Å². The second kappa shape index (κ2) is 6.17. The van der Waals surface area contributed by atoms with Gasteiger partial charge < -0.3 is 10.4 Å². The van der Waals surface area contributed by atoms with Crippen molar-refractivity contribution in [3.63, 3.8) is 0 Å². The highest BCUT2D eigenvalue weighted by molar-refractivity contribution is 5.90. The molecule has 110 valence electrons. The van der Waals surface area contributed by atoms with Crippen LogP contribution < -0.4 is 5.32 Å². The predicted molar refractivity (Wildman–Crippen MR) is 75.9 cm³/mol. The Morgan fingerprint density at radius 1 is 1.29 bits per heavy atom. The molecule has 0 unspecified atom stereocenters. The number of aryl methyl sites for hydroxylation is 2. The quantitative estimate of drug-likeness (QED) is 0.860. The minimum atomic E-state index is -0.992. The molecule has 21 heavy (non-hydrogen) atoms. The summed E-state index contributed by atoms with van der Waals surface area (Å²) in [7, 11) is 0. The molecule has 0 radical (unpaired) electrons. The third-order valence-corrected chi connectivity index (χ3v) is 3.11. The smallest absolute Gasteiger partial charge is 0.309 e. The number of carbonyl (C=O) groups excluding carboxylic acids is 1. The zero-order valence-electron chi connectivity index (χ0n) is 11.8. The lowest BCUT2D eigenvalue weighted by molar-refractivity contribution is -0.136. The average molecular weight is 288 g/mol. The predicted octanol–water partition coefficient (Wildman–Crippen LogP) is 1.16. The van der Waals surface area contributed by atoms with Crippen molar-refractivity contribution in [1.29, 1.82) is 0 Å². The maximum Gasteiger partial charge on any atom is 0.309 e. The highest BCUT2D eigenvalue weighted by Crippen LogP contribution is 2.14. The van der Waals surface area contributed by atoms with Crippen molar-refractivity contribution >= 4 is 17.6 Å². The van der Waals surface area contributed by atoms with Crippen LogP contribution in [0, 0.1) is 13.8 Å². The number of hydrogen-bond acceptors (Lipinski definition) is 4. The molecule has 0 aliphatic heterocycles. The van der Waals surface area contributed by atoms with Crippen LogP contribution in [0.25, 0.3) is 0 Å². The maximum atomic E-state index is 12.0. The van der Waals surface area contributed by atoms with Crippen LogP contribution in [0.3, 0.4) is 0 Å². The molecule has 1 aromatic carbocycles. The first-order valence-electron chi connectivity index (χ1n) is 6.42. The molecule has 2 aromatic rings. The molecule has 0 bridgehead atoms. The number of rotatable bonds is 5. The molecule has 0 aliphatic carbocycles. The maximum absolute atomic E-state index is 12.0. The fourth-order valence-electron chi connectivity index (χ4n) is 1.86. The Morgan fingerprint density at radius 2 is 2.05 bits per heavy atom. The van der Waals surface area contributed by atoms with E-state index in [1.807, 2.05) is 32.0 Å². The number of aliphatic carboxylic acids is 1. The van der Waals surface area contributed by atoms with E-state index in [4.69, 9.17) is 5.11 Å². The van der Waals surface area contributed by atoms with E-state index in [-0.39, 0.29) is 18.9 Å². The zero-order valence-corrected chi connectivity index (χ0v) is 11.8. The second-order valence-corrected chi connectivity index (χ2v) is 4.80. The van der Waals surface area contributed by atoms with Gasteiger partial charge in [-0.1, -0.05) is 11.3 Å². The first-order valence-corrected chi connectivity index (χ1v) is 6.42. The molecule has 2 rings (SSSR count). The molecule has 0 atom stereocenters.